The van der Waals surface area contributed by atoms with Crippen LogP contribution in [0.2, 0.25) is 0 Å². The lowest BCUT2D eigenvalue weighted by Gasteiger charge is -2.07. The second-order valence-corrected chi connectivity index (χ2v) is 4.85. The van der Waals surface area contributed by atoms with Crippen LogP contribution in [0, 0.1) is 5.92 Å². The van der Waals surface area contributed by atoms with Crippen LogP contribution in [-0.4, -0.2) is 31.9 Å². The maximum atomic E-state index is 5.10. The highest BCUT2D eigenvalue weighted by Crippen LogP contribution is 2.04. The monoisotopic (exact) mass is 255 g/mol. The fourth-order valence-electron chi connectivity index (χ4n) is 1.59. The van der Waals surface area contributed by atoms with Gasteiger partial charge in [-0.2, -0.15) is 0 Å². The molecule has 0 radical (unpaired) electrons. The summed E-state index contributed by atoms with van der Waals surface area (Å²) in [4.78, 5) is 0. The molecule has 2 N–H and O–H groups in total. The molecule has 0 spiro atoms. The average Bonchev–Trinajstić information content (AvgIpc) is 2.76. The summed E-state index contributed by atoms with van der Waals surface area (Å²) in [5.74, 6) is 1.49. The highest BCUT2D eigenvalue weighted by Gasteiger charge is 2.02. The van der Waals surface area contributed by atoms with Gasteiger partial charge in [0.15, 0.2) is 5.76 Å². The van der Waals surface area contributed by atoms with Crippen molar-refractivity contribution in [1.29, 1.82) is 0 Å². The van der Waals surface area contributed by atoms with Crippen molar-refractivity contribution in [1.82, 2.24) is 15.8 Å². The van der Waals surface area contributed by atoms with Gasteiger partial charge in [0, 0.05) is 19.7 Å². The summed E-state index contributed by atoms with van der Waals surface area (Å²) in [6, 6.07) is 1.92. The smallest absolute Gasteiger partial charge is 0.162 e. The van der Waals surface area contributed by atoms with Gasteiger partial charge in [-0.15, -0.1) is 0 Å². The average molecular weight is 255 g/mol. The second kappa shape index (κ2) is 9.08. The van der Waals surface area contributed by atoms with E-state index in [1.807, 2.05) is 6.07 Å². The Labute approximate surface area is 109 Å². The van der Waals surface area contributed by atoms with Crippen LogP contribution in [0.1, 0.15) is 31.7 Å². The molecule has 1 aromatic rings. The maximum Gasteiger partial charge on any atom is 0.162 e. The molecule has 18 heavy (non-hydrogen) atoms. The van der Waals surface area contributed by atoms with Crippen molar-refractivity contribution in [3.05, 3.63) is 17.5 Å². The Morgan fingerprint density at radius 3 is 2.83 bits per heavy atom. The summed E-state index contributed by atoms with van der Waals surface area (Å²) >= 11 is 0. The Morgan fingerprint density at radius 1 is 1.33 bits per heavy atom. The van der Waals surface area contributed by atoms with Crippen LogP contribution < -0.4 is 10.6 Å². The fraction of sp³-hybridized carbons (Fsp3) is 0.769. The number of hydrogen-bond donors (Lipinski definition) is 2. The van der Waals surface area contributed by atoms with E-state index in [4.69, 9.17) is 9.26 Å². The summed E-state index contributed by atoms with van der Waals surface area (Å²) in [5.41, 5.74) is 0.928. The summed E-state index contributed by atoms with van der Waals surface area (Å²) < 4.78 is 10.1. The van der Waals surface area contributed by atoms with E-state index in [0.717, 1.165) is 44.1 Å². The molecular formula is C13H25N3O2. The van der Waals surface area contributed by atoms with Crippen LogP contribution in [0.4, 0.5) is 0 Å². The molecule has 104 valence electrons. The molecule has 0 fully saturated rings. The molecule has 0 unspecified atom stereocenters. The van der Waals surface area contributed by atoms with Crippen molar-refractivity contribution in [2.24, 2.45) is 5.92 Å². The van der Waals surface area contributed by atoms with E-state index in [-0.39, 0.29) is 0 Å². The Kier molecular flexibility index (Phi) is 7.64. The van der Waals surface area contributed by atoms with Gasteiger partial charge in [-0.25, -0.2) is 0 Å². The van der Waals surface area contributed by atoms with Gasteiger partial charge in [0.05, 0.1) is 5.69 Å². The normalized spacial score (nSPS) is 11.3. The zero-order valence-corrected chi connectivity index (χ0v) is 11.7. The summed E-state index contributed by atoms with van der Waals surface area (Å²) in [5, 5.41) is 10.7. The highest BCUT2D eigenvalue weighted by atomic mass is 16.5. The number of rotatable bonds is 10. The largest absolute Gasteiger partial charge is 0.377 e. The lowest BCUT2D eigenvalue weighted by Crippen LogP contribution is -2.24. The quantitative estimate of drug-likeness (QED) is 0.621. The molecular weight excluding hydrogens is 230 g/mol. The van der Waals surface area contributed by atoms with Crippen LogP contribution in [0.15, 0.2) is 10.6 Å². The Balaban J connectivity index is 2.00. The molecule has 5 heteroatoms. The van der Waals surface area contributed by atoms with E-state index < -0.39 is 0 Å². The summed E-state index contributed by atoms with van der Waals surface area (Å²) in [7, 11) is 1.64. The zero-order chi connectivity index (χ0) is 13.2. The van der Waals surface area contributed by atoms with Gasteiger partial charge in [0.25, 0.3) is 0 Å². The molecule has 1 rings (SSSR count). The van der Waals surface area contributed by atoms with Crippen LogP contribution in [0.3, 0.4) is 0 Å². The minimum Gasteiger partial charge on any atom is -0.377 e. The number of ether oxygens (including phenoxy) is 1. The van der Waals surface area contributed by atoms with E-state index >= 15 is 0 Å². The first-order valence-corrected chi connectivity index (χ1v) is 6.57. The Hall–Kier alpha value is -0.910. The predicted octanol–water partition coefficient (Wildman–Crippen LogP) is 1.55. The fourth-order valence-corrected chi connectivity index (χ4v) is 1.59. The van der Waals surface area contributed by atoms with Gasteiger partial charge in [-0.1, -0.05) is 19.0 Å². The highest BCUT2D eigenvalue weighted by molar-refractivity contribution is 5.04. The van der Waals surface area contributed by atoms with Gasteiger partial charge < -0.3 is 19.9 Å². The van der Waals surface area contributed by atoms with Gasteiger partial charge in [0.1, 0.15) is 6.61 Å². The molecule has 0 saturated heterocycles. The van der Waals surface area contributed by atoms with Crippen LogP contribution in [0.5, 0.6) is 0 Å². The van der Waals surface area contributed by atoms with Crippen molar-refractivity contribution in [3.8, 4) is 0 Å². The van der Waals surface area contributed by atoms with Gasteiger partial charge in [-0.3, -0.25) is 0 Å². The molecule has 5 nitrogen and oxygen atoms in total. The Bertz CT molecular complexity index is 313. The minimum atomic E-state index is 0.478. The third kappa shape index (κ3) is 6.74. The first-order chi connectivity index (χ1) is 8.72. The first kappa shape index (κ1) is 15.1. The molecule has 0 atom stereocenters. The van der Waals surface area contributed by atoms with Gasteiger partial charge in [-0.05, 0) is 32.0 Å². The molecule has 1 heterocycles. The topological polar surface area (TPSA) is 59.3 Å². The van der Waals surface area contributed by atoms with E-state index in [1.54, 1.807) is 7.11 Å². The molecule has 0 amide bonds. The van der Waals surface area contributed by atoms with Gasteiger partial charge >= 0.3 is 0 Å². The maximum absolute atomic E-state index is 5.10. The molecule has 0 aliphatic carbocycles. The number of aromatic nitrogens is 1. The second-order valence-electron chi connectivity index (χ2n) is 4.85. The molecule has 1 aromatic heterocycles. The molecule has 0 aliphatic rings. The molecule has 0 bridgehead atoms. The van der Waals surface area contributed by atoms with Gasteiger partial charge in [0.2, 0.25) is 0 Å². The minimum absolute atomic E-state index is 0.478. The van der Waals surface area contributed by atoms with Crippen molar-refractivity contribution in [3.63, 3.8) is 0 Å². The van der Waals surface area contributed by atoms with E-state index in [2.05, 4.69) is 29.6 Å². The SMILES string of the molecule is COCc1cc(CNCCCNCC(C)C)no1. The molecule has 0 aliphatic heterocycles. The molecule has 0 saturated carbocycles. The number of methoxy groups -OCH3 is 1. The van der Waals surface area contributed by atoms with Crippen LogP contribution >= 0.6 is 0 Å². The number of nitrogens with one attached hydrogen (secondary N) is 2. The van der Waals surface area contributed by atoms with E-state index in [1.165, 1.54) is 0 Å². The first-order valence-electron chi connectivity index (χ1n) is 6.57. The standard InChI is InChI=1S/C13H25N3O2/c1-11(2)8-14-5-4-6-15-9-12-7-13(10-17-3)18-16-12/h7,11,14-15H,4-6,8-10H2,1-3H3. The summed E-state index contributed by atoms with van der Waals surface area (Å²) in [6.07, 6.45) is 1.12. The lowest BCUT2D eigenvalue weighted by molar-refractivity contribution is 0.155. The van der Waals surface area contributed by atoms with Crippen molar-refractivity contribution in [2.45, 2.75) is 33.4 Å². The van der Waals surface area contributed by atoms with Crippen molar-refractivity contribution < 1.29 is 9.26 Å². The number of nitrogens with zero attached hydrogens (tertiary/aromatic N) is 1. The predicted molar refractivity (Wildman–Crippen MR) is 71.2 cm³/mol. The summed E-state index contributed by atoms with van der Waals surface area (Å²) in [6.45, 7) is 8.78. The third-order valence-electron chi connectivity index (χ3n) is 2.46. The van der Waals surface area contributed by atoms with Crippen molar-refractivity contribution in [2.75, 3.05) is 26.7 Å². The van der Waals surface area contributed by atoms with E-state index in [9.17, 15) is 0 Å². The third-order valence-corrected chi connectivity index (χ3v) is 2.46. The molecule has 0 aromatic carbocycles. The lowest BCUT2D eigenvalue weighted by atomic mass is 10.2. The van der Waals surface area contributed by atoms with Crippen LogP contribution in [-0.2, 0) is 17.9 Å². The number of hydrogen-bond acceptors (Lipinski definition) is 5. The zero-order valence-electron chi connectivity index (χ0n) is 11.7. The van der Waals surface area contributed by atoms with E-state index in [0.29, 0.717) is 12.5 Å². The van der Waals surface area contributed by atoms with Crippen molar-refractivity contribution >= 4 is 0 Å². The Morgan fingerprint density at radius 2 is 2.11 bits per heavy atom. The van der Waals surface area contributed by atoms with Crippen LogP contribution in [0.25, 0.3) is 0 Å².